The van der Waals surface area contributed by atoms with Crippen molar-refractivity contribution in [2.45, 2.75) is 44.6 Å². The van der Waals surface area contributed by atoms with Crippen LogP contribution in [0.2, 0.25) is 19.6 Å². The Morgan fingerprint density at radius 1 is 1.36 bits per heavy atom. The highest BCUT2D eigenvalue weighted by Gasteiger charge is 2.34. The molecule has 1 saturated carbocycles. The van der Waals surface area contributed by atoms with Gasteiger partial charge in [0.2, 0.25) is 0 Å². The third-order valence-electron chi connectivity index (χ3n) is 3.80. The molecule has 0 saturated heterocycles. The van der Waals surface area contributed by atoms with Crippen LogP contribution in [0, 0.1) is 17.4 Å². The van der Waals surface area contributed by atoms with E-state index >= 15 is 0 Å². The molecule has 6 nitrogen and oxygen atoms in total. The van der Waals surface area contributed by atoms with Gasteiger partial charge in [-0.1, -0.05) is 25.6 Å². The number of aliphatic hydroxyl groups is 2. The smallest absolute Gasteiger partial charge is 0.328 e. The van der Waals surface area contributed by atoms with Crippen LogP contribution in [0.3, 0.4) is 0 Å². The molecule has 1 heterocycles. The molecular formula is C15H22N2O4Si. The minimum atomic E-state index is -1.63. The quantitative estimate of drug-likeness (QED) is 0.530. The van der Waals surface area contributed by atoms with E-state index in [2.05, 4.69) is 36.1 Å². The summed E-state index contributed by atoms with van der Waals surface area (Å²) in [5.41, 5.74) is 2.39. The Morgan fingerprint density at radius 3 is 2.59 bits per heavy atom. The summed E-state index contributed by atoms with van der Waals surface area (Å²) in [5.74, 6) is 2.64. The first-order valence-corrected chi connectivity index (χ1v) is 10.9. The van der Waals surface area contributed by atoms with E-state index in [4.69, 9.17) is 0 Å². The molecule has 1 aliphatic carbocycles. The van der Waals surface area contributed by atoms with Crippen molar-refractivity contribution in [3.8, 4) is 11.5 Å². The van der Waals surface area contributed by atoms with Gasteiger partial charge in [0.25, 0.3) is 5.56 Å². The number of hydrogen-bond donors (Lipinski definition) is 3. The highest BCUT2D eigenvalue weighted by atomic mass is 28.3. The highest BCUT2D eigenvalue weighted by Crippen LogP contribution is 2.33. The standard InChI is InChI=1S/C15H22N2O4Si/c1-22(2,3)5-4-10-8-17(15(21)16-14(10)20)12-6-11(9-18)13(19)7-12/h8,11-13,18-19H,6-7,9H2,1-3H3,(H,16,20,21). The Bertz CT molecular complexity index is 720. The topological polar surface area (TPSA) is 95.3 Å². The Morgan fingerprint density at radius 2 is 2.05 bits per heavy atom. The van der Waals surface area contributed by atoms with Gasteiger partial charge in [-0.3, -0.25) is 14.3 Å². The zero-order valence-corrected chi connectivity index (χ0v) is 14.1. The van der Waals surface area contributed by atoms with Gasteiger partial charge in [0.15, 0.2) is 0 Å². The predicted octanol–water partition coefficient (Wildman–Crippen LogP) is 0.0698. The van der Waals surface area contributed by atoms with Crippen LogP contribution < -0.4 is 11.2 Å². The Kier molecular flexibility index (Phi) is 4.75. The van der Waals surface area contributed by atoms with Crippen LogP contribution in [0.4, 0.5) is 0 Å². The van der Waals surface area contributed by atoms with Gasteiger partial charge in [-0.2, -0.15) is 0 Å². The van der Waals surface area contributed by atoms with Crippen molar-refractivity contribution in [2.24, 2.45) is 5.92 Å². The number of nitrogens with zero attached hydrogens (tertiary/aromatic N) is 1. The average Bonchev–Trinajstić information content (AvgIpc) is 2.77. The minimum absolute atomic E-state index is 0.113. The second-order valence-corrected chi connectivity index (χ2v) is 11.6. The maximum atomic E-state index is 12.0. The first-order chi connectivity index (χ1) is 10.2. The Hall–Kier alpha value is -1.62. The lowest BCUT2D eigenvalue weighted by Crippen LogP contribution is -2.33. The van der Waals surface area contributed by atoms with Crippen LogP contribution in [-0.4, -0.2) is 40.5 Å². The van der Waals surface area contributed by atoms with Crippen LogP contribution in [0.25, 0.3) is 0 Å². The number of aromatic nitrogens is 2. The van der Waals surface area contributed by atoms with E-state index < -0.39 is 25.4 Å². The summed E-state index contributed by atoms with van der Waals surface area (Å²) in [5, 5.41) is 19.1. The second kappa shape index (κ2) is 6.24. The molecule has 2 rings (SSSR count). The lowest BCUT2D eigenvalue weighted by atomic mass is 10.1. The molecule has 0 bridgehead atoms. The van der Waals surface area contributed by atoms with E-state index in [1.165, 1.54) is 10.8 Å². The SMILES string of the molecule is C[Si](C)(C)C#Cc1cn(C2CC(O)C(CO)C2)c(=O)[nH]c1=O. The molecule has 3 atom stereocenters. The Labute approximate surface area is 129 Å². The number of nitrogens with one attached hydrogen (secondary N) is 1. The second-order valence-electron chi connectivity index (χ2n) is 6.84. The zero-order chi connectivity index (χ0) is 16.5. The van der Waals surface area contributed by atoms with Crippen LogP contribution >= 0.6 is 0 Å². The summed E-state index contributed by atoms with van der Waals surface area (Å²) in [6, 6.07) is -0.232. The van der Waals surface area contributed by atoms with Crippen molar-refractivity contribution in [2.75, 3.05) is 6.61 Å². The molecule has 1 aliphatic rings. The fraction of sp³-hybridized carbons (Fsp3) is 0.600. The summed E-state index contributed by atoms with van der Waals surface area (Å²) in [6.45, 7) is 6.11. The number of H-pyrrole nitrogens is 1. The number of aliphatic hydroxyl groups excluding tert-OH is 2. The van der Waals surface area contributed by atoms with Crippen molar-refractivity contribution < 1.29 is 10.2 Å². The van der Waals surface area contributed by atoms with Gasteiger partial charge in [-0.15, -0.1) is 5.54 Å². The fourth-order valence-corrected chi connectivity index (χ4v) is 3.11. The van der Waals surface area contributed by atoms with Crippen molar-refractivity contribution in [3.05, 3.63) is 32.6 Å². The number of aromatic amines is 1. The zero-order valence-electron chi connectivity index (χ0n) is 13.1. The molecule has 0 radical (unpaired) electrons. The third kappa shape index (κ3) is 3.77. The van der Waals surface area contributed by atoms with Gasteiger partial charge in [0.1, 0.15) is 13.6 Å². The van der Waals surface area contributed by atoms with Crippen LogP contribution in [0.1, 0.15) is 24.4 Å². The molecule has 3 unspecified atom stereocenters. The summed E-state index contributed by atoms with van der Waals surface area (Å²) in [7, 11) is -1.63. The maximum absolute atomic E-state index is 12.0. The molecule has 0 spiro atoms. The monoisotopic (exact) mass is 322 g/mol. The molecule has 0 amide bonds. The van der Waals surface area contributed by atoms with Crippen molar-refractivity contribution in [1.82, 2.24) is 9.55 Å². The van der Waals surface area contributed by atoms with E-state index in [1.54, 1.807) is 0 Å². The van der Waals surface area contributed by atoms with Crippen LogP contribution in [-0.2, 0) is 0 Å². The largest absolute Gasteiger partial charge is 0.396 e. The maximum Gasteiger partial charge on any atom is 0.328 e. The molecule has 3 N–H and O–H groups in total. The van der Waals surface area contributed by atoms with Gasteiger partial charge in [0.05, 0.1) is 6.10 Å². The van der Waals surface area contributed by atoms with Crippen LogP contribution in [0.15, 0.2) is 15.8 Å². The lowest BCUT2D eigenvalue weighted by Gasteiger charge is -2.13. The third-order valence-corrected chi connectivity index (χ3v) is 4.68. The van der Waals surface area contributed by atoms with Crippen LogP contribution in [0.5, 0.6) is 0 Å². The predicted molar refractivity (Wildman–Crippen MR) is 86.4 cm³/mol. The normalized spacial score (nSPS) is 24.9. The summed E-state index contributed by atoms with van der Waals surface area (Å²) < 4.78 is 1.43. The van der Waals surface area contributed by atoms with Crippen molar-refractivity contribution in [3.63, 3.8) is 0 Å². The van der Waals surface area contributed by atoms with Gasteiger partial charge in [-0.05, 0) is 12.8 Å². The van der Waals surface area contributed by atoms with Gasteiger partial charge in [-0.25, -0.2) is 4.79 Å². The lowest BCUT2D eigenvalue weighted by molar-refractivity contribution is 0.0906. The average molecular weight is 322 g/mol. The minimum Gasteiger partial charge on any atom is -0.396 e. The first kappa shape index (κ1) is 16.7. The van der Waals surface area contributed by atoms with Gasteiger partial charge < -0.3 is 10.2 Å². The number of rotatable bonds is 2. The van der Waals surface area contributed by atoms with E-state index in [0.29, 0.717) is 12.8 Å². The molecule has 1 aromatic heterocycles. The molecule has 1 aromatic rings. The summed E-state index contributed by atoms with van der Waals surface area (Å²) >= 11 is 0. The van der Waals surface area contributed by atoms with Gasteiger partial charge in [0, 0.05) is 24.8 Å². The van der Waals surface area contributed by atoms with Gasteiger partial charge >= 0.3 is 5.69 Å². The molecule has 120 valence electrons. The molecular weight excluding hydrogens is 300 g/mol. The Balaban J connectivity index is 2.39. The summed E-state index contributed by atoms with van der Waals surface area (Å²) in [4.78, 5) is 26.2. The molecule has 0 aromatic carbocycles. The molecule has 0 aliphatic heterocycles. The van der Waals surface area contributed by atoms with E-state index in [9.17, 15) is 19.8 Å². The fourth-order valence-electron chi connectivity index (χ4n) is 2.60. The summed E-state index contributed by atoms with van der Waals surface area (Å²) in [6.07, 6.45) is 1.74. The molecule has 7 heteroatoms. The first-order valence-electron chi connectivity index (χ1n) is 7.39. The molecule has 22 heavy (non-hydrogen) atoms. The van der Waals surface area contributed by atoms with Crippen molar-refractivity contribution >= 4 is 8.07 Å². The van der Waals surface area contributed by atoms with E-state index in [0.717, 1.165) is 0 Å². The van der Waals surface area contributed by atoms with Crippen molar-refractivity contribution in [1.29, 1.82) is 0 Å². The van der Waals surface area contributed by atoms with E-state index in [1.807, 2.05) is 0 Å². The molecule has 1 fully saturated rings. The highest BCUT2D eigenvalue weighted by molar-refractivity contribution is 6.83. The van der Waals surface area contributed by atoms with E-state index in [-0.39, 0.29) is 24.1 Å². The number of hydrogen-bond acceptors (Lipinski definition) is 4.